The molecule has 1 fully saturated rings. The molecule has 2 amide bonds. The topological polar surface area (TPSA) is 76.1 Å². The number of hydrogen-bond acceptors (Lipinski definition) is 4. The molecule has 0 bridgehead atoms. The number of rotatable bonds is 5. The smallest absolute Gasteiger partial charge is 0.316 e. The zero-order valence-electron chi connectivity index (χ0n) is 13.8. The molecule has 0 unspecified atom stereocenters. The third kappa shape index (κ3) is 5.41. The van der Waals surface area contributed by atoms with Crippen molar-refractivity contribution in [1.82, 2.24) is 20.6 Å². The highest BCUT2D eigenvalue weighted by molar-refractivity contribution is 5.74. The Morgan fingerprint density at radius 2 is 1.80 bits per heavy atom. The summed E-state index contributed by atoms with van der Waals surface area (Å²) in [7, 11) is 0. The van der Waals surface area contributed by atoms with Crippen molar-refractivity contribution in [3.63, 3.8) is 0 Å². The van der Waals surface area contributed by atoms with Crippen molar-refractivity contribution in [1.29, 1.82) is 0 Å². The molecule has 0 aliphatic heterocycles. The van der Waals surface area contributed by atoms with E-state index in [4.69, 9.17) is 4.74 Å². The Kier molecular flexibility index (Phi) is 5.77. The molecule has 2 aromatic rings. The van der Waals surface area contributed by atoms with Gasteiger partial charge in [0.1, 0.15) is 6.10 Å². The first kappa shape index (κ1) is 17.1. The molecule has 1 aromatic carbocycles. The molecule has 1 aliphatic carbocycles. The summed E-state index contributed by atoms with van der Waals surface area (Å²) in [6.07, 6.45) is 5.42. The first-order valence-corrected chi connectivity index (χ1v) is 8.41. The Morgan fingerprint density at radius 1 is 1.12 bits per heavy atom. The van der Waals surface area contributed by atoms with Crippen LogP contribution in [0, 0.1) is 5.82 Å². The summed E-state index contributed by atoms with van der Waals surface area (Å²) >= 11 is 0. The minimum absolute atomic E-state index is 0.00380. The quantitative estimate of drug-likeness (QED) is 0.874. The molecular weight excluding hydrogens is 323 g/mol. The maximum atomic E-state index is 12.8. The molecule has 1 saturated carbocycles. The molecule has 3 rings (SSSR count). The van der Waals surface area contributed by atoms with Crippen LogP contribution in [0.2, 0.25) is 0 Å². The van der Waals surface area contributed by atoms with Crippen molar-refractivity contribution >= 4 is 6.03 Å². The van der Waals surface area contributed by atoms with Crippen molar-refractivity contribution in [2.45, 2.75) is 44.4 Å². The normalized spacial score (nSPS) is 19.9. The van der Waals surface area contributed by atoms with E-state index >= 15 is 0 Å². The fourth-order valence-corrected chi connectivity index (χ4v) is 2.85. The summed E-state index contributed by atoms with van der Waals surface area (Å²) in [5.74, 6) is -0.484. The minimum Gasteiger partial charge on any atom is -0.460 e. The Balaban J connectivity index is 1.37. The van der Waals surface area contributed by atoms with Gasteiger partial charge in [0, 0.05) is 12.6 Å². The number of carbonyl (C=O) groups excluding carboxylic acids is 1. The van der Waals surface area contributed by atoms with E-state index in [1.54, 1.807) is 0 Å². The molecule has 0 saturated heterocycles. The second kappa shape index (κ2) is 8.41. The molecule has 1 heterocycles. The third-order valence-corrected chi connectivity index (χ3v) is 4.17. The summed E-state index contributed by atoms with van der Waals surface area (Å²) in [4.78, 5) is 19.6. The van der Waals surface area contributed by atoms with E-state index < -0.39 is 5.82 Å². The van der Waals surface area contributed by atoms with E-state index in [1.165, 1.54) is 0 Å². The van der Waals surface area contributed by atoms with Crippen LogP contribution in [0.5, 0.6) is 6.01 Å². The summed E-state index contributed by atoms with van der Waals surface area (Å²) in [6, 6.07) is 9.95. The zero-order valence-corrected chi connectivity index (χ0v) is 13.8. The van der Waals surface area contributed by atoms with Crippen LogP contribution in [0.25, 0.3) is 0 Å². The number of nitrogens with one attached hydrogen (secondary N) is 2. The van der Waals surface area contributed by atoms with E-state index in [-0.39, 0.29) is 24.2 Å². The minimum atomic E-state index is -0.484. The van der Waals surface area contributed by atoms with Gasteiger partial charge in [-0.05, 0) is 31.2 Å². The number of halogens is 1. The number of benzene rings is 1. The summed E-state index contributed by atoms with van der Waals surface area (Å²) < 4.78 is 18.4. The largest absolute Gasteiger partial charge is 0.460 e. The van der Waals surface area contributed by atoms with Crippen LogP contribution >= 0.6 is 0 Å². The molecule has 0 atom stereocenters. The molecule has 2 N–H and O–H groups in total. The van der Waals surface area contributed by atoms with Crippen LogP contribution in [0.1, 0.15) is 31.2 Å². The lowest BCUT2D eigenvalue weighted by atomic mass is 9.93. The lowest BCUT2D eigenvalue weighted by molar-refractivity contribution is 0.128. The number of nitrogens with zero attached hydrogens (tertiary/aromatic N) is 2. The lowest BCUT2D eigenvalue weighted by Crippen LogP contribution is -2.44. The van der Waals surface area contributed by atoms with Gasteiger partial charge in [0.05, 0.1) is 12.4 Å². The van der Waals surface area contributed by atoms with Gasteiger partial charge in [-0.25, -0.2) is 19.2 Å². The van der Waals surface area contributed by atoms with Crippen molar-refractivity contribution < 1.29 is 13.9 Å². The van der Waals surface area contributed by atoms with Crippen LogP contribution in [0.4, 0.5) is 9.18 Å². The summed E-state index contributed by atoms with van der Waals surface area (Å²) in [5, 5.41) is 5.86. The molecular formula is C18H21FN4O2. The van der Waals surface area contributed by atoms with E-state index in [9.17, 15) is 9.18 Å². The van der Waals surface area contributed by atoms with E-state index in [2.05, 4.69) is 20.6 Å². The maximum absolute atomic E-state index is 12.8. The van der Waals surface area contributed by atoms with Crippen molar-refractivity contribution in [3.8, 4) is 6.01 Å². The molecule has 1 aliphatic rings. The van der Waals surface area contributed by atoms with Crippen LogP contribution in [-0.2, 0) is 6.54 Å². The second-order valence-corrected chi connectivity index (χ2v) is 6.09. The van der Waals surface area contributed by atoms with Crippen molar-refractivity contribution in [2.75, 3.05) is 0 Å². The first-order valence-electron chi connectivity index (χ1n) is 8.41. The SMILES string of the molecule is O=C(NCc1ccccc1)NC1CCC(Oc2ncc(F)cn2)CC1. The third-order valence-electron chi connectivity index (χ3n) is 4.17. The Bertz CT molecular complexity index is 673. The van der Waals surface area contributed by atoms with Gasteiger partial charge in [-0.3, -0.25) is 0 Å². The summed E-state index contributed by atoms with van der Waals surface area (Å²) in [5.41, 5.74) is 1.06. The van der Waals surface area contributed by atoms with Gasteiger partial charge in [-0.2, -0.15) is 0 Å². The maximum Gasteiger partial charge on any atom is 0.316 e. The average molecular weight is 344 g/mol. The van der Waals surface area contributed by atoms with Gasteiger partial charge in [-0.1, -0.05) is 30.3 Å². The van der Waals surface area contributed by atoms with Gasteiger partial charge in [-0.15, -0.1) is 0 Å². The number of amides is 2. The first-order chi connectivity index (χ1) is 12.2. The number of ether oxygens (including phenoxy) is 1. The highest BCUT2D eigenvalue weighted by atomic mass is 19.1. The molecule has 1 aromatic heterocycles. The molecule has 6 nitrogen and oxygen atoms in total. The molecule has 7 heteroatoms. The van der Waals surface area contributed by atoms with Gasteiger partial charge in [0.25, 0.3) is 0 Å². The number of aromatic nitrogens is 2. The van der Waals surface area contributed by atoms with Crippen LogP contribution in [0.3, 0.4) is 0 Å². The average Bonchev–Trinajstić information content (AvgIpc) is 2.64. The molecule has 0 radical (unpaired) electrons. The standard InChI is InChI=1S/C18H21FN4O2/c19-14-11-21-18(22-12-14)25-16-8-6-15(7-9-16)23-17(24)20-10-13-4-2-1-3-5-13/h1-5,11-12,15-16H,6-10H2,(H2,20,23,24). The van der Waals surface area contributed by atoms with Gasteiger partial charge < -0.3 is 15.4 Å². The number of urea groups is 1. The number of carbonyl (C=O) groups is 1. The fraction of sp³-hybridized carbons (Fsp3) is 0.389. The highest BCUT2D eigenvalue weighted by Gasteiger charge is 2.24. The van der Waals surface area contributed by atoms with Crippen LogP contribution in [-0.4, -0.2) is 28.1 Å². The molecule has 0 spiro atoms. The van der Waals surface area contributed by atoms with E-state index in [1.807, 2.05) is 30.3 Å². The van der Waals surface area contributed by atoms with E-state index in [0.717, 1.165) is 43.6 Å². The predicted molar refractivity (Wildman–Crippen MR) is 90.5 cm³/mol. The second-order valence-electron chi connectivity index (χ2n) is 6.09. The molecule has 25 heavy (non-hydrogen) atoms. The Morgan fingerprint density at radius 3 is 2.48 bits per heavy atom. The van der Waals surface area contributed by atoms with Gasteiger partial charge in [0.15, 0.2) is 5.82 Å². The van der Waals surface area contributed by atoms with E-state index in [0.29, 0.717) is 6.54 Å². The number of hydrogen-bond donors (Lipinski definition) is 2. The highest BCUT2D eigenvalue weighted by Crippen LogP contribution is 2.22. The lowest BCUT2D eigenvalue weighted by Gasteiger charge is -2.28. The van der Waals surface area contributed by atoms with Gasteiger partial charge >= 0.3 is 12.0 Å². The van der Waals surface area contributed by atoms with Gasteiger partial charge in [0.2, 0.25) is 0 Å². The predicted octanol–water partition coefficient (Wildman–Crippen LogP) is 2.81. The Hall–Kier alpha value is -2.70. The van der Waals surface area contributed by atoms with Crippen LogP contribution in [0.15, 0.2) is 42.7 Å². The monoisotopic (exact) mass is 344 g/mol. The fourth-order valence-electron chi connectivity index (χ4n) is 2.85. The summed E-state index contributed by atoms with van der Waals surface area (Å²) in [6.45, 7) is 0.507. The molecule has 132 valence electrons. The van der Waals surface area contributed by atoms with Crippen molar-refractivity contribution in [3.05, 3.63) is 54.1 Å². The van der Waals surface area contributed by atoms with Crippen molar-refractivity contribution in [2.24, 2.45) is 0 Å². The van der Waals surface area contributed by atoms with Crippen LogP contribution < -0.4 is 15.4 Å². The Labute approximate surface area is 145 Å². The zero-order chi connectivity index (χ0) is 17.5.